The third kappa shape index (κ3) is 4.91. The number of aromatic carboxylic acids is 1. The fourth-order valence-corrected chi connectivity index (χ4v) is 5.69. The smallest absolute Gasteiger partial charge is 0.436 e. The van der Waals surface area contributed by atoms with Crippen LogP contribution in [0.5, 0.6) is 0 Å². The molecule has 2 N–H and O–H groups in total. The van der Waals surface area contributed by atoms with E-state index in [4.69, 9.17) is 11.6 Å². The number of imidazole rings is 1. The van der Waals surface area contributed by atoms with Crippen LogP contribution < -0.4 is 0 Å². The first-order valence-corrected chi connectivity index (χ1v) is 13.1. The Balaban J connectivity index is 1.32. The highest BCUT2D eigenvalue weighted by Crippen LogP contribution is 2.42. The predicted molar refractivity (Wildman–Crippen MR) is 140 cm³/mol. The lowest BCUT2D eigenvalue weighted by molar-refractivity contribution is -0.141. The molecule has 0 unspecified atom stereocenters. The van der Waals surface area contributed by atoms with Crippen LogP contribution in [-0.4, -0.2) is 57.9 Å². The number of aromatic amines is 1. The second-order valence-corrected chi connectivity index (χ2v) is 10.4. The van der Waals surface area contributed by atoms with Gasteiger partial charge in [0.15, 0.2) is 17.2 Å². The molecule has 2 atom stereocenters. The van der Waals surface area contributed by atoms with Gasteiger partial charge in [0.05, 0.1) is 29.8 Å². The summed E-state index contributed by atoms with van der Waals surface area (Å²) in [5.74, 6) is -2.42. The van der Waals surface area contributed by atoms with Crippen LogP contribution in [0.15, 0.2) is 48.9 Å². The number of nitrogens with one attached hydrogen (secondary N) is 1. The second-order valence-electron chi connectivity index (χ2n) is 9.92. The van der Waals surface area contributed by atoms with Gasteiger partial charge in [0.25, 0.3) is 0 Å². The van der Waals surface area contributed by atoms with E-state index in [9.17, 15) is 32.3 Å². The number of carboxylic acids is 1. The quantitative estimate of drug-likeness (QED) is 0.290. The molecule has 1 amide bonds. The van der Waals surface area contributed by atoms with Crippen LogP contribution in [0.4, 0.5) is 17.6 Å². The van der Waals surface area contributed by atoms with Gasteiger partial charge in [-0.15, -0.1) is 5.10 Å². The number of alkyl halides is 3. The Morgan fingerprint density at radius 2 is 1.93 bits per heavy atom. The maximum Gasteiger partial charge on any atom is 0.436 e. The van der Waals surface area contributed by atoms with Gasteiger partial charge in [0, 0.05) is 34.5 Å². The van der Waals surface area contributed by atoms with Crippen LogP contribution in [0, 0.1) is 5.82 Å². The van der Waals surface area contributed by atoms with Crippen LogP contribution in [0.3, 0.4) is 0 Å². The average molecular weight is 602 g/mol. The molecule has 42 heavy (non-hydrogen) atoms. The van der Waals surface area contributed by atoms with Gasteiger partial charge >= 0.3 is 12.1 Å². The fourth-order valence-electron chi connectivity index (χ4n) is 5.52. The topological polar surface area (TPSA) is 130 Å². The Morgan fingerprint density at radius 3 is 2.67 bits per heavy atom. The van der Waals surface area contributed by atoms with Crippen LogP contribution >= 0.6 is 11.6 Å². The van der Waals surface area contributed by atoms with Crippen molar-refractivity contribution < 1.29 is 32.3 Å². The number of pyridine rings is 1. The Bertz CT molecular complexity index is 1750. The number of hydrogen-bond donors (Lipinski definition) is 2. The minimum Gasteiger partial charge on any atom is -0.476 e. The number of allylic oxidation sites excluding steroid dienone is 1. The molecule has 6 rings (SSSR count). The standard InChI is InChI=1S/C27H20ClF4N7O3/c28-14-2-5-19(38-12-21(36-37-38)27(30,31)32)17(10-14)13-1-3-15-4-6-20(39(15)22(40)9-13)25-34-11-18(35-25)16-7-8-33-24(23(16)29)26(41)42/h2,5,7-12,15,20H,1,3-4,6H2,(H,34,35)(H,41,42)/t15-,20-/m0/s1. The van der Waals surface area contributed by atoms with E-state index in [-0.39, 0.29) is 28.9 Å². The molecule has 0 bridgehead atoms. The largest absolute Gasteiger partial charge is 0.476 e. The van der Waals surface area contributed by atoms with Gasteiger partial charge in [-0.2, -0.15) is 13.2 Å². The van der Waals surface area contributed by atoms with Gasteiger partial charge in [-0.3, -0.25) is 4.79 Å². The lowest BCUT2D eigenvalue weighted by Crippen LogP contribution is -2.35. The molecule has 1 fully saturated rings. The number of nitrogens with zero attached hydrogens (tertiary/aromatic N) is 6. The van der Waals surface area contributed by atoms with Crippen molar-refractivity contribution >= 4 is 29.1 Å². The molecule has 0 spiro atoms. The number of carbonyl (C=O) groups excluding carboxylic acids is 1. The van der Waals surface area contributed by atoms with E-state index in [0.29, 0.717) is 47.7 Å². The zero-order chi connectivity index (χ0) is 29.8. The fraction of sp³-hybridized carbons (Fsp3) is 0.259. The Labute approximate surface area is 239 Å². The SMILES string of the molecule is O=C(O)c1nccc(-c2cnc([C@@H]3CC[C@@H]4CCC(c5cc(Cl)ccc5-n5cc(C(F)(F)F)nn5)=CC(=O)N43)[nH]2)c1F. The van der Waals surface area contributed by atoms with E-state index < -0.39 is 35.4 Å². The van der Waals surface area contributed by atoms with E-state index in [1.807, 2.05) is 0 Å². The van der Waals surface area contributed by atoms with Gasteiger partial charge in [-0.05, 0) is 55.5 Å². The molecule has 2 aliphatic heterocycles. The molecule has 4 aromatic rings. The zero-order valence-electron chi connectivity index (χ0n) is 21.4. The first-order valence-electron chi connectivity index (χ1n) is 12.8. The average Bonchev–Trinajstić information content (AvgIpc) is 3.68. The minimum atomic E-state index is -4.67. The predicted octanol–water partition coefficient (Wildman–Crippen LogP) is 5.47. The maximum absolute atomic E-state index is 14.8. The highest BCUT2D eigenvalue weighted by molar-refractivity contribution is 6.30. The van der Waals surface area contributed by atoms with Crippen LogP contribution in [-0.2, 0) is 11.0 Å². The molecule has 3 aromatic heterocycles. The lowest BCUT2D eigenvalue weighted by atomic mass is 9.97. The van der Waals surface area contributed by atoms with Gasteiger partial charge < -0.3 is 15.0 Å². The van der Waals surface area contributed by atoms with Crippen molar-refractivity contribution in [2.75, 3.05) is 0 Å². The molecule has 5 heterocycles. The van der Waals surface area contributed by atoms with Gasteiger partial charge in [-0.1, -0.05) is 16.8 Å². The highest BCUT2D eigenvalue weighted by Gasteiger charge is 2.40. The second kappa shape index (κ2) is 10.4. The number of rotatable bonds is 5. The number of hydrogen-bond acceptors (Lipinski definition) is 6. The number of amides is 1. The number of benzene rings is 1. The van der Waals surface area contributed by atoms with Gasteiger partial charge in [0.2, 0.25) is 5.91 Å². The van der Waals surface area contributed by atoms with E-state index in [0.717, 1.165) is 10.9 Å². The molecule has 1 aromatic carbocycles. The summed E-state index contributed by atoms with van der Waals surface area (Å²) >= 11 is 6.25. The molecule has 1 saturated heterocycles. The number of carbonyl (C=O) groups is 2. The third-order valence-electron chi connectivity index (χ3n) is 7.43. The first kappa shape index (κ1) is 27.6. The van der Waals surface area contributed by atoms with Crippen molar-refractivity contribution in [1.82, 2.24) is 34.8 Å². The number of fused-ring (bicyclic) bond motifs is 1. The molecule has 2 aliphatic rings. The van der Waals surface area contributed by atoms with Crippen LogP contribution in [0.25, 0.3) is 22.5 Å². The minimum absolute atomic E-state index is 0.0182. The molecule has 216 valence electrons. The Hall–Kier alpha value is -4.59. The normalized spacial score (nSPS) is 19.0. The van der Waals surface area contributed by atoms with Crippen molar-refractivity contribution in [2.45, 2.75) is 43.9 Å². The van der Waals surface area contributed by atoms with E-state index >= 15 is 0 Å². The molecule has 0 radical (unpaired) electrons. The summed E-state index contributed by atoms with van der Waals surface area (Å²) < 4.78 is 55.3. The molecule has 10 nitrogen and oxygen atoms in total. The molecule has 0 saturated carbocycles. The summed E-state index contributed by atoms with van der Waals surface area (Å²) in [6.45, 7) is 0. The zero-order valence-corrected chi connectivity index (χ0v) is 22.2. The van der Waals surface area contributed by atoms with Crippen LogP contribution in [0.2, 0.25) is 5.02 Å². The molecular formula is C27H20ClF4N7O3. The van der Waals surface area contributed by atoms with Crippen molar-refractivity contribution in [2.24, 2.45) is 0 Å². The molecule has 0 aliphatic carbocycles. The Morgan fingerprint density at radius 1 is 1.12 bits per heavy atom. The van der Waals surface area contributed by atoms with Gasteiger partial charge in [0.1, 0.15) is 5.82 Å². The first-order chi connectivity index (χ1) is 20.0. The van der Waals surface area contributed by atoms with E-state index in [2.05, 4.69) is 25.3 Å². The lowest BCUT2D eigenvalue weighted by Gasteiger charge is -2.27. The summed E-state index contributed by atoms with van der Waals surface area (Å²) in [5.41, 5.74) is -0.327. The van der Waals surface area contributed by atoms with Crippen molar-refractivity contribution in [3.8, 4) is 16.9 Å². The van der Waals surface area contributed by atoms with E-state index in [1.54, 1.807) is 11.0 Å². The summed E-state index contributed by atoms with van der Waals surface area (Å²) in [4.78, 5) is 37.6. The number of halogens is 5. The number of aromatic nitrogens is 6. The maximum atomic E-state index is 14.8. The summed E-state index contributed by atoms with van der Waals surface area (Å²) in [7, 11) is 0. The summed E-state index contributed by atoms with van der Waals surface area (Å²) in [5, 5.41) is 16.4. The van der Waals surface area contributed by atoms with Crippen molar-refractivity contribution in [3.63, 3.8) is 0 Å². The highest BCUT2D eigenvalue weighted by atomic mass is 35.5. The molecular weight excluding hydrogens is 582 g/mol. The van der Waals surface area contributed by atoms with Crippen molar-refractivity contribution in [1.29, 1.82) is 0 Å². The van der Waals surface area contributed by atoms with Crippen molar-refractivity contribution in [3.05, 3.63) is 82.5 Å². The number of H-pyrrole nitrogens is 1. The van der Waals surface area contributed by atoms with Crippen LogP contribution in [0.1, 0.15) is 59.3 Å². The summed E-state index contributed by atoms with van der Waals surface area (Å²) in [6.07, 6.45) is 2.38. The Kier molecular flexibility index (Phi) is 6.80. The monoisotopic (exact) mass is 601 g/mol. The third-order valence-corrected chi connectivity index (χ3v) is 7.66. The summed E-state index contributed by atoms with van der Waals surface area (Å²) in [6, 6.07) is 5.34. The van der Waals surface area contributed by atoms with Gasteiger partial charge in [-0.25, -0.2) is 23.8 Å². The molecule has 15 heteroatoms. The number of carboxylic acid groups (broad SMARTS) is 1. The van der Waals surface area contributed by atoms with E-state index in [1.165, 1.54) is 36.7 Å².